The number of hydrogen-bond donors (Lipinski definition) is 2. The number of aromatic nitrogens is 1. The minimum Gasteiger partial charge on any atom is -0.391 e. The van der Waals surface area contributed by atoms with Crippen LogP contribution in [0.15, 0.2) is 21.7 Å². The lowest BCUT2D eigenvalue weighted by molar-refractivity contribution is 0.193. The Balaban J connectivity index is 1.83. The van der Waals surface area contributed by atoms with Gasteiger partial charge in [-0.15, -0.1) is 22.7 Å². The maximum Gasteiger partial charge on any atom is 0.190 e. The normalized spacial score (nSPS) is 13.5. The second-order valence-corrected chi connectivity index (χ2v) is 9.24. The molecular formula is C13H18N2O3S3. The summed E-state index contributed by atoms with van der Waals surface area (Å²) in [7, 11) is -3.40. The Labute approximate surface area is 132 Å². The average Bonchev–Trinajstić information content (AvgIpc) is 2.99. The first-order valence-corrected chi connectivity index (χ1v) is 9.81. The first-order valence-electron chi connectivity index (χ1n) is 6.46. The molecule has 8 heteroatoms. The summed E-state index contributed by atoms with van der Waals surface area (Å²) >= 11 is 2.78. The minimum atomic E-state index is -3.40. The molecule has 0 aromatic carbocycles. The third-order valence-electron chi connectivity index (χ3n) is 2.88. The molecular weight excluding hydrogens is 328 g/mol. The fourth-order valence-corrected chi connectivity index (χ4v) is 5.31. The van der Waals surface area contributed by atoms with Gasteiger partial charge in [0.25, 0.3) is 0 Å². The molecule has 0 fully saturated rings. The standard InChI is InChI=1S/C13H18N2O3S3/c1-9-12(20-10(2)15-9)7-14-6-11(16)8-21(17,18)13-4-3-5-19-13/h3-5,11,14,16H,6-8H2,1-2H3. The lowest BCUT2D eigenvalue weighted by Crippen LogP contribution is -2.32. The Kier molecular flexibility index (Phi) is 5.50. The number of sulfone groups is 1. The van der Waals surface area contributed by atoms with Gasteiger partial charge >= 0.3 is 0 Å². The van der Waals surface area contributed by atoms with Crippen molar-refractivity contribution in [2.75, 3.05) is 12.3 Å². The molecule has 0 aliphatic rings. The molecule has 0 saturated heterocycles. The van der Waals surface area contributed by atoms with Gasteiger partial charge < -0.3 is 10.4 Å². The molecule has 2 aromatic rings. The summed E-state index contributed by atoms with van der Waals surface area (Å²) in [4.78, 5) is 5.44. The first kappa shape index (κ1) is 16.6. The van der Waals surface area contributed by atoms with Gasteiger partial charge in [-0.05, 0) is 25.3 Å². The van der Waals surface area contributed by atoms with Crippen molar-refractivity contribution in [3.63, 3.8) is 0 Å². The summed E-state index contributed by atoms with van der Waals surface area (Å²) in [5, 5.41) is 15.7. The molecule has 2 rings (SSSR count). The minimum absolute atomic E-state index is 0.237. The fourth-order valence-electron chi connectivity index (χ4n) is 1.92. The maximum atomic E-state index is 12.0. The summed E-state index contributed by atoms with van der Waals surface area (Å²) in [5.41, 5.74) is 0.977. The Hall–Kier alpha value is -0.800. The number of nitrogens with one attached hydrogen (secondary N) is 1. The van der Waals surface area contributed by atoms with Gasteiger partial charge in [-0.3, -0.25) is 0 Å². The number of hydrogen-bond acceptors (Lipinski definition) is 7. The lowest BCUT2D eigenvalue weighted by Gasteiger charge is -2.11. The molecule has 2 aromatic heterocycles. The number of aliphatic hydroxyl groups is 1. The molecule has 21 heavy (non-hydrogen) atoms. The van der Waals surface area contributed by atoms with Crippen molar-refractivity contribution in [1.29, 1.82) is 0 Å². The largest absolute Gasteiger partial charge is 0.391 e. The predicted molar refractivity (Wildman–Crippen MR) is 85.7 cm³/mol. The summed E-state index contributed by atoms with van der Waals surface area (Å²) in [6.45, 7) is 4.72. The lowest BCUT2D eigenvalue weighted by atomic mass is 10.3. The van der Waals surface area contributed by atoms with Crippen molar-refractivity contribution in [3.8, 4) is 0 Å². The van der Waals surface area contributed by atoms with Gasteiger partial charge in [0.1, 0.15) is 4.21 Å². The Morgan fingerprint density at radius 3 is 2.76 bits per heavy atom. The predicted octanol–water partition coefficient (Wildman–Crippen LogP) is 1.75. The van der Waals surface area contributed by atoms with E-state index in [-0.39, 0.29) is 12.3 Å². The van der Waals surface area contributed by atoms with E-state index in [2.05, 4.69) is 10.3 Å². The molecule has 0 saturated carbocycles. The van der Waals surface area contributed by atoms with E-state index in [1.807, 2.05) is 13.8 Å². The van der Waals surface area contributed by atoms with Crippen LogP contribution in [0.5, 0.6) is 0 Å². The number of nitrogens with zero attached hydrogens (tertiary/aromatic N) is 1. The quantitative estimate of drug-likeness (QED) is 0.798. The molecule has 1 atom stereocenters. The van der Waals surface area contributed by atoms with Crippen LogP contribution in [0.3, 0.4) is 0 Å². The van der Waals surface area contributed by atoms with E-state index in [4.69, 9.17) is 0 Å². The van der Waals surface area contributed by atoms with Gasteiger partial charge in [0.15, 0.2) is 9.84 Å². The highest BCUT2D eigenvalue weighted by Gasteiger charge is 2.20. The molecule has 2 N–H and O–H groups in total. The summed E-state index contributed by atoms with van der Waals surface area (Å²) in [5.74, 6) is -0.263. The smallest absolute Gasteiger partial charge is 0.190 e. The van der Waals surface area contributed by atoms with Crippen LogP contribution in [0.1, 0.15) is 15.6 Å². The Bertz CT molecular complexity index is 678. The molecule has 0 bridgehead atoms. The van der Waals surface area contributed by atoms with Crippen molar-refractivity contribution in [3.05, 3.63) is 33.1 Å². The average molecular weight is 346 g/mol. The number of aliphatic hydroxyl groups excluding tert-OH is 1. The first-order chi connectivity index (χ1) is 9.88. The highest BCUT2D eigenvalue weighted by molar-refractivity contribution is 7.93. The third kappa shape index (κ3) is 4.58. The molecule has 2 heterocycles. The number of aryl methyl sites for hydroxylation is 2. The maximum absolute atomic E-state index is 12.0. The fraction of sp³-hybridized carbons (Fsp3) is 0.462. The van der Waals surface area contributed by atoms with E-state index >= 15 is 0 Å². The highest BCUT2D eigenvalue weighted by Crippen LogP contribution is 2.18. The van der Waals surface area contributed by atoms with E-state index in [9.17, 15) is 13.5 Å². The molecule has 0 radical (unpaired) electrons. The van der Waals surface area contributed by atoms with Crippen LogP contribution in [-0.2, 0) is 16.4 Å². The molecule has 0 amide bonds. The van der Waals surface area contributed by atoms with Crippen molar-refractivity contribution in [2.24, 2.45) is 0 Å². The second-order valence-electron chi connectivity index (χ2n) is 4.74. The van der Waals surface area contributed by atoms with Crippen LogP contribution in [0.4, 0.5) is 0 Å². The SMILES string of the molecule is Cc1nc(C)c(CNCC(O)CS(=O)(=O)c2cccs2)s1. The van der Waals surface area contributed by atoms with Gasteiger partial charge in [0.2, 0.25) is 0 Å². The monoisotopic (exact) mass is 346 g/mol. The topological polar surface area (TPSA) is 79.3 Å². The van der Waals surface area contributed by atoms with Crippen LogP contribution in [0, 0.1) is 13.8 Å². The zero-order valence-electron chi connectivity index (χ0n) is 11.9. The van der Waals surface area contributed by atoms with Gasteiger partial charge in [0, 0.05) is 18.0 Å². The third-order valence-corrected chi connectivity index (χ3v) is 7.24. The van der Waals surface area contributed by atoms with Crippen LogP contribution < -0.4 is 5.32 Å². The van der Waals surface area contributed by atoms with Crippen LogP contribution >= 0.6 is 22.7 Å². The molecule has 5 nitrogen and oxygen atoms in total. The summed E-state index contributed by atoms with van der Waals surface area (Å²) < 4.78 is 24.3. The Morgan fingerprint density at radius 2 is 2.19 bits per heavy atom. The number of thiazole rings is 1. The zero-order chi connectivity index (χ0) is 15.5. The van der Waals surface area contributed by atoms with E-state index in [1.54, 1.807) is 28.8 Å². The molecule has 0 aliphatic heterocycles. The van der Waals surface area contributed by atoms with E-state index in [0.29, 0.717) is 10.8 Å². The zero-order valence-corrected chi connectivity index (χ0v) is 14.3. The number of rotatable bonds is 7. The van der Waals surface area contributed by atoms with Gasteiger partial charge in [-0.25, -0.2) is 13.4 Å². The van der Waals surface area contributed by atoms with Crippen LogP contribution in [0.2, 0.25) is 0 Å². The van der Waals surface area contributed by atoms with Crippen molar-refractivity contribution < 1.29 is 13.5 Å². The van der Waals surface area contributed by atoms with E-state index < -0.39 is 15.9 Å². The molecule has 0 spiro atoms. The van der Waals surface area contributed by atoms with Crippen molar-refractivity contribution in [2.45, 2.75) is 30.7 Å². The molecule has 116 valence electrons. The van der Waals surface area contributed by atoms with Crippen LogP contribution in [-0.4, -0.2) is 36.9 Å². The van der Waals surface area contributed by atoms with E-state index in [1.165, 1.54) is 11.3 Å². The molecule has 1 unspecified atom stereocenters. The number of thiophene rings is 1. The molecule has 0 aliphatic carbocycles. The van der Waals surface area contributed by atoms with Gasteiger partial charge in [-0.2, -0.15) is 0 Å². The van der Waals surface area contributed by atoms with Crippen LogP contribution in [0.25, 0.3) is 0 Å². The van der Waals surface area contributed by atoms with E-state index in [0.717, 1.165) is 15.6 Å². The summed E-state index contributed by atoms with van der Waals surface area (Å²) in [6.07, 6.45) is -0.925. The Morgan fingerprint density at radius 1 is 1.43 bits per heavy atom. The van der Waals surface area contributed by atoms with Crippen molar-refractivity contribution >= 4 is 32.5 Å². The highest BCUT2D eigenvalue weighted by atomic mass is 32.2. The van der Waals surface area contributed by atoms with Crippen molar-refractivity contribution in [1.82, 2.24) is 10.3 Å². The summed E-state index contributed by atoms with van der Waals surface area (Å²) in [6, 6.07) is 3.25. The van der Waals surface area contributed by atoms with Gasteiger partial charge in [-0.1, -0.05) is 6.07 Å². The second kappa shape index (κ2) is 6.97. The van der Waals surface area contributed by atoms with Gasteiger partial charge in [0.05, 0.1) is 22.6 Å².